The van der Waals surface area contributed by atoms with Crippen molar-refractivity contribution in [2.24, 2.45) is 5.73 Å². The van der Waals surface area contributed by atoms with Crippen LogP contribution in [0.2, 0.25) is 0 Å². The Labute approximate surface area is 240 Å². The Kier molecular flexibility index (Phi) is 33.0. The molecule has 0 aliphatic heterocycles. The predicted octanol–water partition coefficient (Wildman–Crippen LogP) is 12.7. The van der Waals surface area contributed by atoms with Crippen molar-refractivity contribution in [2.45, 2.75) is 187 Å². The third-order valence-corrected chi connectivity index (χ3v) is 7.55. The van der Waals surface area contributed by atoms with E-state index in [2.05, 4.69) is 62.5 Å². The highest BCUT2D eigenvalue weighted by Gasteiger charge is 2.02. The molecule has 0 bridgehead atoms. The quantitative estimate of drug-likeness (QED) is 0.0729. The Morgan fingerprint density at radius 3 is 1.00 bits per heavy atom. The molecular formula is C37H69N. The number of rotatable bonds is 30. The lowest BCUT2D eigenvalue weighted by molar-refractivity contribution is 0.482. The number of hydrogen-bond donors (Lipinski definition) is 1. The van der Waals surface area contributed by atoms with Gasteiger partial charge in [-0.25, -0.2) is 0 Å². The van der Waals surface area contributed by atoms with Crippen LogP contribution in [0.15, 0.2) is 48.6 Å². The molecule has 0 aromatic carbocycles. The molecule has 0 aromatic rings. The van der Waals surface area contributed by atoms with Crippen molar-refractivity contribution in [2.75, 3.05) is 0 Å². The van der Waals surface area contributed by atoms with Crippen LogP contribution in [0, 0.1) is 0 Å². The van der Waals surface area contributed by atoms with Gasteiger partial charge in [-0.15, -0.1) is 0 Å². The SMILES string of the molecule is CCCCC/C=C/C/C=C/CCCCCCCCC(N)CCCCCCCC/C=C/C/C=C/CCCCC. The van der Waals surface area contributed by atoms with E-state index in [1.54, 1.807) is 0 Å². The maximum Gasteiger partial charge on any atom is 0.00388 e. The minimum Gasteiger partial charge on any atom is -0.328 e. The molecule has 0 saturated carbocycles. The first kappa shape index (κ1) is 36.9. The van der Waals surface area contributed by atoms with E-state index in [0.717, 1.165) is 12.8 Å². The predicted molar refractivity (Wildman–Crippen MR) is 176 cm³/mol. The number of nitrogens with two attached hydrogens (primary N) is 1. The molecule has 0 saturated heterocycles. The molecule has 0 aromatic heterocycles. The van der Waals surface area contributed by atoms with Crippen LogP contribution < -0.4 is 5.73 Å². The first-order valence-corrected chi connectivity index (χ1v) is 17.2. The topological polar surface area (TPSA) is 26.0 Å². The molecule has 0 fully saturated rings. The Morgan fingerprint density at radius 1 is 0.368 bits per heavy atom. The molecule has 222 valence electrons. The lowest BCUT2D eigenvalue weighted by atomic mass is 10.0. The summed E-state index contributed by atoms with van der Waals surface area (Å²) in [5, 5.41) is 0. The van der Waals surface area contributed by atoms with Crippen molar-refractivity contribution in [1.82, 2.24) is 0 Å². The Bertz CT molecular complexity index is 493. The Morgan fingerprint density at radius 2 is 0.658 bits per heavy atom. The Hall–Kier alpha value is -1.08. The second kappa shape index (κ2) is 33.9. The zero-order valence-electron chi connectivity index (χ0n) is 26.2. The normalized spacial score (nSPS) is 12.5. The molecule has 0 heterocycles. The number of allylic oxidation sites excluding steroid dienone is 8. The minimum atomic E-state index is 0.437. The third kappa shape index (κ3) is 32.9. The van der Waals surface area contributed by atoms with E-state index in [1.165, 1.54) is 154 Å². The maximum absolute atomic E-state index is 6.37. The fraction of sp³-hybridized carbons (Fsp3) is 0.784. The van der Waals surface area contributed by atoms with Gasteiger partial charge in [-0.05, 0) is 77.0 Å². The summed E-state index contributed by atoms with van der Waals surface area (Å²) in [6, 6.07) is 0.437. The van der Waals surface area contributed by atoms with Gasteiger partial charge in [-0.3, -0.25) is 0 Å². The van der Waals surface area contributed by atoms with Gasteiger partial charge in [-0.2, -0.15) is 0 Å². The molecule has 0 aliphatic rings. The van der Waals surface area contributed by atoms with E-state index in [4.69, 9.17) is 5.73 Å². The first-order valence-electron chi connectivity index (χ1n) is 17.2. The summed E-state index contributed by atoms with van der Waals surface area (Å²) >= 11 is 0. The van der Waals surface area contributed by atoms with E-state index in [0.29, 0.717) is 6.04 Å². The highest BCUT2D eigenvalue weighted by Crippen LogP contribution is 2.14. The molecular weight excluding hydrogens is 458 g/mol. The van der Waals surface area contributed by atoms with Crippen LogP contribution in [0.3, 0.4) is 0 Å². The monoisotopic (exact) mass is 528 g/mol. The summed E-state index contributed by atoms with van der Waals surface area (Å²) in [6.45, 7) is 4.53. The van der Waals surface area contributed by atoms with Crippen molar-refractivity contribution >= 4 is 0 Å². The third-order valence-electron chi connectivity index (χ3n) is 7.55. The van der Waals surface area contributed by atoms with Crippen LogP contribution in [0.4, 0.5) is 0 Å². The van der Waals surface area contributed by atoms with Crippen molar-refractivity contribution in [1.29, 1.82) is 0 Å². The first-order chi connectivity index (χ1) is 18.8. The van der Waals surface area contributed by atoms with E-state index in [9.17, 15) is 0 Å². The van der Waals surface area contributed by atoms with Gasteiger partial charge in [0.2, 0.25) is 0 Å². The molecule has 0 rings (SSSR count). The minimum absolute atomic E-state index is 0.437. The van der Waals surface area contributed by atoms with Crippen LogP contribution in [0.1, 0.15) is 181 Å². The van der Waals surface area contributed by atoms with Gasteiger partial charge >= 0.3 is 0 Å². The molecule has 0 spiro atoms. The standard InChI is InChI=1S/C37H69N/c1-3-5-7-9-11-13-15-17-19-21-23-25-27-29-31-33-35-37(38)36-34-32-30-28-26-24-22-20-18-16-14-12-10-8-6-4-2/h11-14,17-20,37H,3-10,15-16,21-36,38H2,1-2H3/b13-11+,14-12+,19-17+,20-18+. The molecule has 1 heteroatoms. The number of hydrogen-bond acceptors (Lipinski definition) is 1. The van der Waals surface area contributed by atoms with E-state index >= 15 is 0 Å². The van der Waals surface area contributed by atoms with Gasteiger partial charge in [0.25, 0.3) is 0 Å². The molecule has 38 heavy (non-hydrogen) atoms. The molecule has 0 radical (unpaired) electrons. The van der Waals surface area contributed by atoms with Crippen molar-refractivity contribution in [3.8, 4) is 0 Å². The van der Waals surface area contributed by atoms with Crippen LogP contribution in [0.5, 0.6) is 0 Å². The van der Waals surface area contributed by atoms with Gasteiger partial charge in [0.15, 0.2) is 0 Å². The molecule has 2 N–H and O–H groups in total. The summed E-state index contributed by atoms with van der Waals surface area (Å²) in [7, 11) is 0. The van der Waals surface area contributed by atoms with E-state index < -0.39 is 0 Å². The van der Waals surface area contributed by atoms with Crippen LogP contribution >= 0.6 is 0 Å². The highest BCUT2D eigenvalue weighted by atomic mass is 14.6. The van der Waals surface area contributed by atoms with Gasteiger partial charge < -0.3 is 5.73 Å². The smallest absolute Gasteiger partial charge is 0.00388 e. The molecule has 0 unspecified atom stereocenters. The van der Waals surface area contributed by atoms with Crippen LogP contribution in [0.25, 0.3) is 0 Å². The zero-order chi connectivity index (χ0) is 27.6. The second-order valence-corrected chi connectivity index (χ2v) is 11.5. The maximum atomic E-state index is 6.37. The van der Waals surface area contributed by atoms with Crippen LogP contribution in [-0.4, -0.2) is 6.04 Å². The lowest BCUT2D eigenvalue weighted by Crippen LogP contribution is -2.19. The number of unbranched alkanes of at least 4 members (excludes halogenated alkanes) is 18. The van der Waals surface area contributed by atoms with Gasteiger partial charge in [0.05, 0.1) is 0 Å². The van der Waals surface area contributed by atoms with E-state index in [-0.39, 0.29) is 0 Å². The van der Waals surface area contributed by atoms with E-state index in [1.807, 2.05) is 0 Å². The Balaban J connectivity index is 3.29. The largest absolute Gasteiger partial charge is 0.328 e. The van der Waals surface area contributed by atoms with Crippen molar-refractivity contribution in [3.05, 3.63) is 48.6 Å². The average molecular weight is 528 g/mol. The molecule has 1 nitrogen and oxygen atoms in total. The lowest BCUT2D eigenvalue weighted by Gasteiger charge is -2.11. The molecule has 0 atom stereocenters. The average Bonchev–Trinajstić information content (AvgIpc) is 2.92. The summed E-state index contributed by atoms with van der Waals surface area (Å²) in [6.07, 6.45) is 53.0. The summed E-state index contributed by atoms with van der Waals surface area (Å²) in [5.41, 5.74) is 6.37. The van der Waals surface area contributed by atoms with Crippen molar-refractivity contribution < 1.29 is 0 Å². The summed E-state index contributed by atoms with van der Waals surface area (Å²) in [4.78, 5) is 0. The fourth-order valence-electron chi connectivity index (χ4n) is 4.93. The van der Waals surface area contributed by atoms with Crippen molar-refractivity contribution in [3.63, 3.8) is 0 Å². The van der Waals surface area contributed by atoms with Gasteiger partial charge in [0, 0.05) is 6.04 Å². The van der Waals surface area contributed by atoms with Crippen LogP contribution in [-0.2, 0) is 0 Å². The summed E-state index contributed by atoms with van der Waals surface area (Å²) in [5.74, 6) is 0. The highest BCUT2D eigenvalue weighted by molar-refractivity contribution is 4.93. The van der Waals surface area contributed by atoms with Gasteiger partial charge in [0.1, 0.15) is 0 Å². The molecule has 0 amide bonds. The second-order valence-electron chi connectivity index (χ2n) is 11.5. The van der Waals surface area contributed by atoms with Gasteiger partial charge in [-0.1, -0.05) is 152 Å². The fourth-order valence-corrected chi connectivity index (χ4v) is 4.93. The zero-order valence-corrected chi connectivity index (χ0v) is 26.2. The molecule has 0 aliphatic carbocycles. The summed E-state index contributed by atoms with van der Waals surface area (Å²) < 4.78 is 0.